The number of hydrogen-bond acceptors (Lipinski definition) is 0. The maximum atomic E-state index is 2.40. The first kappa shape index (κ1) is 22.5. The van der Waals surface area contributed by atoms with Crippen LogP contribution in [0.4, 0.5) is 0 Å². The first-order valence-corrected chi connectivity index (χ1v) is 12.6. The molecule has 0 bridgehead atoms. The zero-order chi connectivity index (χ0) is 23.0. The Morgan fingerprint density at radius 2 is 1.34 bits per heavy atom. The summed E-state index contributed by atoms with van der Waals surface area (Å²) in [5.41, 5.74) is 14.3. The van der Waals surface area contributed by atoms with Crippen molar-refractivity contribution in [2.45, 2.75) is 59.9 Å². The Hall–Kier alpha value is -2.64. The Kier molecular flexibility index (Phi) is 6.14. The van der Waals surface area contributed by atoms with Crippen molar-refractivity contribution in [1.29, 1.82) is 0 Å². The highest BCUT2D eigenvalue weighted by Gasteiger charge is 2.44. The highest BCUT2D eigenvalue weighted by Crippen LogP contribution is 2.58. The van der Waals surface area contributed by atoms with Gasteiger partial charge in [-0.1, -0.05) is 88.6 Å². The van der Waals surface area contributed by atoms with Crippen molar-refractivity contribution in [3.8, 4) is 0 Å². The molecular weight excluding hydrogens is 400 g/mol. The Morgan fingerprint density at radius 1 is 0.688 bits per heavy atom. The summed E-state index contributed by atoms with van der Waals surface area (Å²) in [6, 6.07) is 25.0. The lowest BCUT2D eigenvalue weighted by atomic mass is 9.82. The smallest absolute Gasteiger partial charge is 0.0623 e. The summed E-state index contributed by atoms with van der Waals surface area (Å²) in [7, 11) is 0.682. The van der Waals surface area contributed by atoms with Crippen molar-refractivity contribution in [1.82, 2.24) is 0 Å². The van der Waals surface area contributed by atoms with Crippen LogP contribution in [-0.2, 0) is 6.42 Å². The van der Waals surface area contributed by atoms with Crippen molar-refractivity contribution in [3.05, 3.63) is 117 Å². The van der Waals surface area contributed by atoms with Crippen molar-refractivity contribution in [3.63, 3.8) is 0 Å². The van der Waals surface area contributed by atoms with Gasteiger partial charge >= 0.3 is 0 Å². The summed E-state index contributed by atoms with van der Waals surface area (Å²) in [4.78, 5) is 0. The predicted octanol–water partition coefficient (Wildman–Crippen LogP) is 7.47. The average Bonchev–Trinajstić information content (AvgIpc) is 2.92. The minimum atomic E-state index is -0.0195. The lowest BCUT2D eigenvalue weighted by Crippen LogP contribution is -2.34. The van der Waals surface area contributed by atoms with Gasteiger partial charge in [0.25, 0.3) is 0 Å². The third-order valence-corrected chi connectivity index (χ3v) is 9.19. The van der Waals surface area contributed by atoms with Gasteiger partial charge in [-0.15, -0.1) is 0 Å². The van der Waals surface area contributed by atoms with Crippen LogP contribution in [0, 0.1) is 27.7 Å². The predicted molar refractivity (Wildman–Crippen MR) is 141 cm³/mol. The van der Waals surface area contributed by atoms with Gasteiger partial charge in [0.05, 0.1) is 9.52 Å². The molecule has 0 aliphatic heterocycles. The fourth-order valence-electron chi connectivity index (χ4n) is 5.37. The van der Waals surface area contributed by atoms with E-state index < -0.39 is 0 Å². The van der Waals surface area contributed by atoms with E-state index in [1.807, 2.05) is 0 Å². The fourth-order valence-corrected chi connectivity index (χ4v) is 7.57. The SMILES string of the molecule is CC1=C(C)C(Cc2cccc(C)c2C)([Si]c2cc(C)cc(C)c2)C(c2ccccc2)=C1C. The van der Waals surface area contributed by atoms with Crippen LogP contribution >= 0.6 is 0 Å². The summed E-state index contributed by atoms with van der Waals surface area (Å²) in [5, 5.41) is 1.44. The first-order chi connectivity index (χ1) is 15.2. The van der Waals surface area contributed by atoms with Gasteiger partial charge in [0.1, 0.15) is 0 Å². The van der Waals surface area contributed by atoms with Gasteiger partial charge in [-0.3, -0.25) is 0 Å². The van der Waals surface area contributed by atoms with Crippen LogP contribution in [0.25, 0.3) is 5.57 Å². The molecule has 0 amide bonds. The third-order valence-electron chi connectivity index (χ3n) is 7.38. The van der Waals surface area contributed by atoms with Crippen molar-refractivity contribution in [2.24, 2.45) is 0 Å². The van der Waals surface area contributed by atoms with E-state index in [0.29, 0.717) is 9.52 Å². The van der Waals surface area contributed by atoms with Crippen molar-refractivity contribution >= 4 is 20.3 Å². The van der Waals surface area contributed by atoms with Crippen LogP contribution in [-0.4, -0.2) is 9.52 Å². The van der Waals surface area contributed by atoms with Gasteiger partial charge in [-0.2, -0.15) is 0 Å². The second-order valence-corrected chi connectivity index (χ2v) is 11.2. The molecule has 1 atom stereocenters. The molecule has 4 rings (SSSR count). The topological polar surface area (TPSA) is 0 Å². The van der Waals surface area contributed by atoms with Gasteiger partial charge in [-0.25, -0.2) is 0 Å². The summed E-state index contributed by atoms with van der Waals surface area (Å²) in [5.74, 6) is 0. The zero-order valence-corrected chi connectivity index (χ0v) is 21.6. The Bertz CT molecular complexity index is 1210. The Balaban J connectivity index is 1.96. The minimum Gasteiger partial charge on any atom is -0.0623 e. The molecule has 1 heteroatoms. The fraction of sp³-hybridized carbons (Fsp3) is 0.290. The second kappa shape index (κ2) is 8.71. The van der Waals surface area contributed by atoms with Gasteiger partial charge in [0.15, 0.2) is 0 Å². The average molecular weight is 435 g/mol. The zero-order valence-electron chi connectivity index (χ0n) is 20.6. The van der Waals surface area contributed by atoms with Gasteiger partial charge < -0.3 is 0 Å². The number of aryl methyl sites for hydroxylation is 3. The maximum absolute atomic E-state index is 2.40. The molecule has 2 radical (unpaired) electrons. The third kappa shape index (κ3) is 3.95. The van der Waals surface area contributed by atoms with E-state index in [1.54, 1.807) is 0 Å². The van der Waals surface area contributed by atoms with Crippen LogP contribution in [0.5, 0.6) is 0 Å². The van der Waals surface area contributed by atoms with Crippen molar-refractivity contribution < 1.29 is 0 Å². The highest BCUT2D eigenvalue weighted by molar-refractivity contribution is 6.61. The van der Waals surface area contributed by atoms with Crippen LogP contribution in [0.1, 0.15) is 54.2 Å². The van der Waals surface area contributed by atoms with Crippen LogP contribution in [0.2, 0.25) is 5.04 Å². The lowest BCUT2D eigenvalue weighted by molar-refractivity contribution is 0.791. The Morgan fingerprint density at radius 3 is 2.00 bits per heavy atom. The van der Waals surface area contributed by atoms with Gasteiger partial charge in [0.2, 0.25) is 0 Å². The summed E-state index contributed by atoms with van der Waals surface area (Å²) in [6.45, 7) is 16.0. The van der Waals surface area contributed by atoms with E-state index in [4.69, 9.17) is 0 Å². The number of benzene rings is 3. The monoisotopic (exact) mass is 434 g/mol. The number of allylic oxidation sites excluding steroid dienone is 4. The number of rotatable bonds is 5. The molecule has 0 saturated carbocycles. The molecule has 0 nitrogen and oxygen atoms in total. The normalized spacial score (nSPS) is 18.6. The maximum Gasteiger partial charge on any atom is 0.0993 e. The molecule has 1 aliphatic rings. The summed E-state index contributed by atoms with van der Waals surface area (Å²) >= 11 is 0. The number of hydrogen-bond donors (Lipinski definition) is 0. The minimum absolute atomic E-state index is 0.0195. The molecule has 0 aromatic heterocycles. The molecule has 32 heavy (non-hydrogen) atoms. The van der Waals surface area contributed by atoms with Gasteiger partial charge in [0, 0.05) is 5.04 Å². The second-order valence-electron chi connectivity index (χ2n) is 9.56. The molecule has 0 spiro atoms. The molecule has 162 valence electrons. The first-order valence-electron chi connectivity index (χ1n) is 11.6. The summed E-state index contributed by atoms with van der Waals surface area (Å²) in [6.07, 6.45) is 1.04. The molecule has 0 fully saturated rings. The van der Waals surface area contributed by atoms with E-state index in [9.17, 15) is 0 Å². The molecule has 0 saturated heterocycles. The quantitative estimate of drug-likeness (QED) is 0.365. The van der Waals surface area contributed by atoms with E-state index in [2.05, 4.69) is 115 Å². The van der Waals surface area contributed by atoms with Crippen LogP contribution in [0.3, 0.4) is 0 Å². The standard InChI is InChI=1S/C31H34Si/c1-20-16-21(2)18-29(17-20)32-31(19-28-15-11-12-22(3)23(28)4)26(7)24(5)25(6)30(31)27-13-9-8-10-14-27/h8-18H,19H2,1-7H3. The molecular formula is C31H34Si. The van der Waals surface area contributed by atoms with Crippen molar-refractivity contribution in [2.75, 3.05) is 0 Å². The molecule has 0 N–H and O–H groups in total. The van der Waals surface area contributed by atoms with E-state index in [0.717, 1.165) is 6.42 Å². The van der Waals surface area contributed by atoms with Crippen LogP contribution < -0.4 is 5.19 Å². The molecule has 0 heterocycles. The lowest BCUT2D eigenvalue weighted by Gasteiger charge is -2.36. The van der Waals surface area contributed by atoms with E-state index in [-0.39, 0.29) is 5.04 Å². The molecule has 3 aromatic rings. The summed E-state index contributed by atoms with van der Waals surface area (Å²) < 4.78 is 0. The molecule has 1 aliphatic carbocycles. The van der Waals surface area contributed by atoms with Crippen LogP contribution in [0.15, 0.2) is 83.4 Å². The van der Waals surface area contributed by atoms with E-state index in [1.165, 1.54) is 60.9 Å². The molecule has 1 unspecified atom stereocenters. The highest BCUT2D eigenvalue weighted by atomic mass is 28.2. The van der Waals surface area contributed by atoms with Gasteiger partial charge in [-0.05, 0) is 93.9 Å². The van der Waals surface area contributed by atoms with E-state index >= 15 is 0 Å². The largest absolute Gasteiger partial charge is 0.0993 e. The Labute approximate surface area is 196 Å². The molecule has 3 aromatic carbocycles.